The lowest BCUT2D eigenvalue weighted by Crippen LogP contribution is -2.48. The summed E-state index contributed by atoms with van der Waals surface area (Å²) < 4.78 is 6.23. The molecule has 0 radical (unpaired) electrons. The predicted octanol–water partition coefficient (Wildman–Crippen LogP) is 10.8. The molecule has 5 aromatic carbocycles. The van der Waals surface area contributed by atoms with Gasteiger partial charge in [0.05, 0.1) is 0 Å². The Labute approximate surface area is 286 Å². The maximum absolute atomic E-state index is 6.23. The van der Waals surface area contributed by atoms with Crippen molar-refractivity contribution in [3.63, 3.8) is 0 Å². The Kier molecular flexibility index (Phi) is 6.61. The van der Waals surface area contributed by atoms with Crippen LogP contribution in [-0.2, 0) is 5.41 Å². The average Bonchev–Trinajstić information content (AvgIpc) is 3.65. The van der Waals surface area contributed by atoms with Crippen molar-refractivity contribution in [2.24, 2.45) is 17.8 Å². The van der Waals surface area contributed by atoms with E-state index in [9.17, 15) is 0 Å². The molecule has 7 aromatic rings. The second-order valence-electron chi connectivity index (χ2n) is 14.6. The highest BCUT2D eigenvalue weighted by molar-refractivity contribution is 5.94. The fraction of sp³-hybridized carbons (Fsp3) is 0.227. The first-order valence-corrected chi connectivity index (χ1v) is 17.6. The standard InChI is InChI=1S/C44H36N4O/c1-3-9-31(10-4-1)41-46-42(32-11-5-2-6-12-32)48-43(47-41)36-16-8-14-34(23-36)33-13-7-15-35(22-33)37-17-18-38(40-39(37)45-27-49-40)44-24-28-19-29(25-44)21-30(20-28)26-44/h1-18,22-23,27-30H,19-21,24-26H2. The summed E-state index contributed by atoms with van der Waals surface area (Å²) in [6.07, 6.45) is 9.86. The minimum atomic E-state index is 0.253. The van der Waals surface area contributed by atoms with Crippen LogP contribution in [0.5, 0.6) is 0 Å². The smallest absolute Gasteiger partial charge is 0.182 e. The Morgan fingerprint density at radius 3 is 1.57 bits per heavy atom. The zero-order valence-corrected chi connectivity index (χ0v) is 27.3. The molecule has 4 fully saturated rings. The zero-order valence-electron chi connectivity index (χ0n) is 27.3. The maximum atomic E-state index is 6.23. The summed E-state index contributed by atoms with van der Waals surface area (Å²) in [6.45, 7) is 0. The van der Waals surface area contributed by atoms with E-state index in [0.717, 1.165) is 67.8 Å². The van der Waals surface area contributed by atoms with E-state index in [0.29, 0.717) is 17.5 Å². The van der Waals surface area contributed by atoms with Crippen LogP contribution in [0.2, 0.25) is 0 Å². The molecule has 4 aliphatic carbocycles. The van der Waals surface area contributed by atoms with Gasteiger partial charge in [0.2, 0.25) is 0 Å². The van der Waals surface area contributed by atoms with E-state index in [1.165, 1.54) is 44.1 Å². The summed E-state index contributed by atoms with van der Waals surface area (Å²) in [5.41, 5.74) is 11.0. The van der Waals surface area contributed by atoms with Gasteiger partial charge < -0.3 is 4.42 Å². The highest BCUT2D eigenvalue weighted by Crippen LogP contribution is 2.61. The number of oxazole rings is 1. The highest BCUT2D eigenvalue weighted by Gasteiger charge is 2.52. The third kappa shape index (κ3) is 4.99. The van der Waals surface area contributed by atoms with Crippen LogP contribution >= 0.6 is 0 Å². The minimum Gasteiger partial charge on any atom is -0.443 e. The third-order valence-corrected chi connectivity index (χ3v) is 11.4. The van der Waals surface area contributed by atoms with Gasteiger partial charge in [-0.3, -0.25) is 0 Å². The van der Waals surface area contributed by atoms with Gasteiger partial charge in [-0.1, -0.05) is 109 Å². The van der Waals surface area contributed by atoms with E-state index in [2.05, 4.69) is 60.7 Å². The van der Waals surface area contributed by atoms with E-state index >= 15 is 0 Å². The summed E-state index contributed by atoms with van der Waals surface area (Å²) in [7, 11) is 0. The molecule has 0 spiro atoms. The van der Waals surface area contributed by atoms with Gasteiger partial charge in [-0.2, -0.15) is 0 Å². The lowest BCUT2D eigenvalue weighted by molar-refractivity contribution is -0.00487. The Morgan fingerprint density at radius 1 is 0.490 bits per heavy atom. The molecule has 0 unspecified atom stereocenters. The summed E-state index contributed by atoms with van der Waals surface area (Å²) >= 11 is 0. The number of aromatic nitrogens is 4. The first-order valence-electron chi connectivity index (χ1n) is 17.6. The summed E-state index contributed by atoms with van der Waals surface area (Å²) in [6, 6.07) is 42.2. The van der Waals surface area contributed by atoms with Gasteiger partial charge >= 0.3 is 0 Å². The molecule has 11 rings (SSSR count). The summed E-state index contributed by atoms with van der Waals surface area (Å²) in [5, 5.41) is 0. The van der Waals surface area contributed by atoms with Gasteiger partial charge in [-0.05, 0) is 90.5 Å². The monoisotopic (exact) mass is 636 g/mol. The highest BCUT2D eigenvalue weighted by atomic mass is 16.3. The molecule has 0 aliphatic heterocycles. The number of benzene rings is 5. The molecule has 0 atom stereocenters. The molecule has 4 saturated carbocycles. The van der Waals surface area contributed by atoms with E-state index < -0.39 is 0 Å². The number of hydrogen-bond acceptors (Lipinski definition) is 5. The number of hydrogen-bond donors (Lipinski definition) is 0. The van der Waals surface area contributed by atoms with Gasteiger partial charge in [0, 0.05) is 27.8 Å². The van der Waals surface area contributed by atoms with Crippen LogP contribution in [0.15, 0.2) is 132 Å². The van der Waals surface area contributed by atoms with Crippen molar-refractivity contribution >= 4 is 11.1 Å². The van der Waals surface area contributed by atoms with E-state index in [-0.39, 0.29) is 5.41 Å². The van der Waals surface area contributed by atoms with Crippen LogP contribution in [-0.4, -0.2) is 19.9 Å². The molecule has 49 heavy (non-hydrogen) atoms. The van der Waals surface area contributed by atoms with Crippen LogP contribution in [0.3, 0.4) is 0 Å². The quantitative estimate of drug-likeness (QED) is 0.182. The lowest BCUT2D eigenvalue weighted by atomic mass is 9.48. The summed E-state index contributed by atoms with van der Waals surface area (Å²) in [5.74, 6) is 4.60. The van der Waals surface area contributed by atoms with Crippen molar-refractivity contribution < 1.29 is 4.42 Å². The Morgan fingerprint density at radius 2 is 0.980 bits per heavy atom. The van der Waals surface area contributed by atoms with Crippen molar-refractivity contribution in [1.82, 2.24) is 19.9 Å². The molecular formula is C44H36N4O. The molecule has 0 amide bonds. The molecule has 0 saturated heterocycles. The second-order valence-corrected chi connectivity index (χ2v) is 14.6. The summed E-state index contributed by atoms with van der Waals surface area (Å²) in [4.78, 5) is 19.6. The van der Waals surface area contributed by atoms with Gasteiger partial charge in [0.15, 0.2) is 29.4 Å². The fourth-order valence-corrected chi connectivity index (χ4v) is 9.68. The fourth-order valence-electron chi connectivity index (χ4n) is 9.68. The third-order valence-electron chi connectivity index (χ3n) is 11.4. The molecule has 0 N–H and O–H groups in total. The number of rotatable bonds is 6. The van der Waals surface area contributed by atoms with Gasteiger partial charge in [0.1, 0.15) is 5.52 Å². The zero-order chi connectivity index (χ0) is 32.4. The Hall–Kier alpha value is -5.42. The molecule has 238 valence electrons. The molecule has 2 heterocycles. The maximum Gasteiger partial charge on any atom is 0.182 e. The first kappa shape index (κ1) is 28.6. The van der Waals surface area contributed by atoms with Gasteiger partial charge in [-0.25, -0.2) is 19.9 Å². The molecule has 5 heteroatoms. The minimum absolute atomic E-state index is 0.253. The van der Waals surface area contributed by atoms with Gasteiger partial charge in [-0.15, -0.1) is 0 Å². The van der Waals surface area contributed by atoms with Crippen molar-refractivity contribution in [2.45, 2.75) is 43.9 Å². The number of fused-ring (bicyclic) bond motifs is 1. The molecular weight excluding hydrogens is 601 g/mol. The lowest BCUT2D eigenvalue weighted by Gasteiger charge is -2.57. The Balaban J connectivity index is 1.02. The van der Waals surface area contributed by atoms with Crippen molar-refractivity contribution in [3.8, 4) is 56.4 Å². The van der Waals surface area contributed by atoms with Crippen LogP contribution in [0.25, 0.3) is 67.5 Å². The van der Waals surface area contributed by atoms with Crippen molar-refractivity contribution in [3.05, 3.63) is 133 Å². The van der Waals surface area contributed by atoms with Crippen LogP contribution in [0, 0.1) is 17.8 Å². The average molecular weight is 637 g/mol. The van der Waals surface area contributed by atoms with Crippen LogP contribution < -0.4 is 0 Å². The number of nitrogens with zero attached hydrogens (tertiary/aromatic N) is 4. The Bertz CT molecular complexity index is 2230. The van der Waals surface area contributed by atoms with E-state index in [1.807, 2.05) is 60.7 Å². The molecule has 5 nitrogen and oxygen atoms in total. The van der Waals surface area contributed by atoms with E-state index in [4.69, 9.17) is 24.4 Å². The normalized spacial score (nSPS) is 22.5. The SMILES string of the molecule is c1ccc(-c2nc(-c3ccccc3)nc(-c3cccc(-c4cccc(-c5ccc(C67CC8CC(CC(C8)C6)C7)c6ocnc56)c4)c3)n2)cc1. The molecule has 2 aromatic heterocycles. The largest absolute Gasteiger partial charge is 0.443 e. The molecule has 4 aliphatic rings. The van der Waals surface area contributed by atoms with Crippen LogP contribution in [0.4, 0.5) is 0 Å². The van der Waals surface area contributed by atoms with Crippen molar-refractivity contribution in [2.75, 3.05) is 0 Å². The predicted molar refractivity (Wildman–Crippen MR) is 194 cm³/mol. The van der Waals surface area contributed by atoms with E-state index in [1.54, 1.807) is 6.39 Å². The topological polar surface area (TPSA) is 64.7 Å². The molecule has 4 bridgehead atoms. The van der Waals surface area contributed by atoms with Crippen molar-refractivity contribution in [1.29, 1.82) is 0 Å². The second kappa shape index (κ2) is 11.3. The first-order chi connectivity index (χ1) is 24.2. The van der Waals surface area contributed by atoms with Gasteiger partial charge in [0.25, 0.3) is 0 Å². The van der Waals surface area contributed by atoms with Crippen LogP contribution in [0.1, 0.15) is 44.1 Å².